The molecule has 4 aliphatic carbocycles. The largest absolute Gasteiger partial charge is 0.462 e. The molecule has 4 fully saturated rings. The number of carbonyl (C=O) groups is 2. The summed E-state index contributed by atoms with van der Waals surface area (Å²) in [5.41, 5.74) is -0.706. The fourth-order valence-electron chi connectivity index (χ4n) is 4.59. The molecule has 3 unspecified atom stereocenters. The van der Waals surface area contributed by atoms with Crippen LogP contribution in [0.5, 0.6) is 0 Å². The number of halogens is 1. The van der Waals surface area contributed by atoms with Crippen molar-refractivity contribution in [2.45, 2.75) is 38.3 Å². The van der Waals surface area contributed by atoms with Crippen LogP contribution in [0.1, 0.15) is 32.1 Å². The van der Waals surface area contributed by atoms with Crippen LogP contribution in [0.3, 0.4) is 0 Å². The highest BCUT2D eigenvalue weighted by atomic mass is 32.2. The maximum absolute atomic E-state index is 13.4. The second kappa shape index (κ2) is 5.26. The summed E-state index contributed by atoms with van der Waals surface area (Å²) in [6.07, 6.45) is 1.31. The van der Waals surface area contributed by atoms with E-state index in [1.807, 2.05) is 0 Å². The summed E-state index contributed by atoms with van der Waals surface area (Å²) in [6, 6.07) is 0. The van der Waals surface area contributed by atoms with Gasteiger partial charge in [0.05, 0.1) is 5.41 Å². The standard InChI is InChI=1S/C14H19FO6S/c15-11(7-22(18,19)20)6-21-13(17)14-3-8-1-9(4-14)12(16)10(2-8)5-14/h8-11H,1-7H2,(H,18,19,20). The number of Topliss-reactive ketones (excluding diaryl/α,β-unsaturated/α-hetero) is 1. The number of ketones is 1. The van der Waals surface area contributed by atoms with Crippen molar-refractivity contribution in [1.29, 1.82) is 0 Å². The number of rotatable bonds is 5. The van der Waals surface area contributed by atoms with Crippen LogP contribution in [0.2, 0.25) is 0 Å². The molecule has 0 spiro atoms. The van der Waals surface area contributed by atoms with E-state index in [-0.39, 0.29) is 17.6 Å². The minimum atomic E-state index is -4.43. The number of alkyl halides is 1. The molecule has 0 amide bonds. The molecule has 124 valence electrons. The quantitative estimate of drug-likeness (QED) is 0.598. The Morgan fingerprint density at radius 1 is 1.32 bits per heavy atom. The van der Waals surface area contributed by atoms with Crippen LogP contribution in [-0.2, 0) is 24.4 Å². The fraction of sp³-hybridized carbons (Fsp3) is 0.857. The molecule has 4 saturated carbocycles. The molecule has 4 bridgehead atoms. The second-order valence-corrected chi connectivity index (χ2v) is 8.47. The Kier molecular flexibility index (Phi) is 3.79. The summed E-state index contributed by atoms with van der Waals surface area (Å²) in [6.45, 7) is -0.686. The molecule has 0 aromatic heterocycles. The predicted molar refractivity (Wildman–Crippen MR) is 73.3 cm³/mol. The van der Waals surface area contributed by atoms with Gasteiger partial charge in [0.25, 0.3) is 10.1 Å². The summed E-state index contributed by atoms with van der Waals surface area (Å²) in [5.74, 6) is -1.19. The third-order valence-corrected chi connectivity index (χ3v) is 6.00. The smallest absolute Gasteiger partial charge is 0.312 e. The Balaban J connectivity index is 1.62. The third kappa shape index (κ3) is 2.90. The SMILES string of the molecule is O=C1C2CC3CC1CC(C(=O)OCC(F)CS(=O)(=O)O)(C3)C2. The Bertz CT molecular complexity index is 582. The molecule has 4 rings (SSSR count). The van der Waals surface area contributed by atoms with E-state index in [4.69, 9.17) is 9.29 Å². The first-order valence-electron chi connectivity index (χ1n) is 7.49. The summed E-state index contributed by atoms with van der Waals surface area (Å²) in [7, 11) is -4.43. The van der Waals surface area contributed by atoms with Crippen LogP contribution in [0.4, 0.5) is 4.39 Å². The van der Waals surface area contributed by atoms with Crippen LogP contribution in [0.15, 0.2) is 0 Å². The van der Waals surface area contributed by atoms with Crippen molar-refractivity contribution in [3.05, 3.63) is 0 Å². The summed E-state index contributed by atoms with van der Waals surface area (Å²) >= 11 is 0. The van der Waals surface area contributed by atoms with Gasteiger partial charge in [-0.25, -0.2) is 4.39 Å². The minimum Gasteiger partial charge on any atom is -0.462 e. The van der Waals surface area contributed by atoms with Gasteiger partial charge in [0.15, 0.2) is 6.17 Å². The first-order chi connectivity index (χ1) is 10.2. The molecular formula is C14H19FO6S. The van der Waals surface area contributed by atoms with Gasteiger partial charge in [0.2, 0.25) is 0 Å². The van der Waals surface area contributed by atoms with Crippen LogP contribution < -0.4 is 0 Å². The van der Waals surface area contributed by atoms with Crippen LogP contribution in [-0.4, -0.2) is 43.3 Å². The zero-order valence-electron chi connectivity index (χ0n) is 12.0. The van der Waals surface area contributed by atoms with Crippen molar-refractivity contribution in [3.63, 3.8) is 0 Å². The van der Waals surface area contributed by atoms with Crippen molar-refractivity contribution in [3.8, 4) is 0 Å². The Labute approximate surface area is 128 Å². The monoisotopic (exact) mass is 334 g/mol. The lowest BCUT2D eigenvalue weighted by molar-refractivity contribution is -0.175. The predicted octanol–water partition coefficient (Wildman–Crippen LogP) is 1.15. The van der Waals surface area contributed by atoms with Crippen molar-refractivity contribution in [1.82, 2.24) is 0 Å². The van der Waals surface area contributed by atoms with Gasteiger partial charge in [0.1, 0.15) is 18.1 Å². The molecule has 1 N–H and O–H groups in total. The first kappa shape index (κ1) is 15.9. The maximum Gasteiger partial charge on any atom is 0.312 e. The Morgan fingerprint density at radius 3 is 2.45 bits per heavy atom. The van der Waals surface area contributed by atoms with E-state index in [2.05, 4.69) is 0 Å². The normalized spacial score (nSPS) is 38.1. The van der Waals surface area contributed by atoms with E-state index in [1.54, 1.807) is 0 Å². The Hall–Kier alpha value is -1.02. The highest BCUT2D eigenvalue weighted by Crippen LogP contribution is 2.59. The van der Waals surface area contributed by atoms with Gasteiger partial charge in [-0.1, -0.05) is 0 Å². The summed E-state index contributed by atoms with van der Waals surface area (Å²) < 4.78 is 48.1. The van der Waals surface area contributed by atoms with Crippen molar-refractivity contribution >= 4 is 21.9 Å². The molecule has 0 saturated heterocycles. The molecule has 8 heteroatoms. The lowest BCUT2D eigenvalue weighted by Gasteiger charge is -2.53. The third-order valence-electron chi connectivity index (χ3n) is 5.21. The highest BCUT2D eigenvalue weighted by Gasteiger charge is 2.59. The lowest BCUT2D eigenvalue weighted by Crippen LogP contribution is -2.55. The highest BCUT2D eigenvalue weighted by molar-refractivity contribution is 7.85. The molecule has 0 radical (unpaired) electrons. The van der Waals surface area contributed by atoms with Gasteiger partial charge in [0, 0.05) is 11.8 Å². The van der Waals surface area contributed by atoms with E-state index in [0.29, 0.717) is 25.2 Å². The number of carbonyl (C=O) groups excluding carboxylic acids is 2. The van der Waals surface area contributed by atoms with E-state index in [9.17, 15) is 22.4 Å². The number of ether oxygens (including phenoxy) is 1. The maximum atomic E-state index is 13.4. The zero-order valence-corrected chi connectivity index (χ0v) is 12.9. The van der Waals surface area contributed by atoms with Crippen molar-refractivity contribution in [2.75, 3.05) is 12.4 Å². The van der Waals surface area contributed by atoms with Gasteiger partial charge >= 0.3 is 5.97 Å². The number of hydrogen-bond acceptors (Lipinski definition) is 5. The average molecular weight is 334 g/mol. The molecule has 0 aromatic rings. The molecule has 0 heterocycles. The average Bonchev–Trinajstić information content (AvgIpc) is 2.39. The van der Waals surface area contributed by atoms with Crippen LogP contribution >= 0.6 is 0 Å². The molecule has 4 aliphatic rings. The molecule has 0 aromatic carbocycles. The minimum absolute atomic E-state index is 0.0854. The van der Waals surface area contributed by atoms with Crippen LogP contribution in [0.25, 0.3) is 0 Å². The Morgan fingerprint density at radius 2 is 1.91 bits per heavy atom. The van der Waals surface area contributed by atoms with Gasteiger partial charge < -0.3 is 4.74 Å². The summed E-state index contributed by atoms with van der Waals surface area (Å²) in [4.78, 5) is 24.4. The van der Waals surface area contributed by atoms with Gasteiger partial charge in [-0.3, -0.25) is 14.1 Å². The zero-order chi connectivity index (χ0) is 16.1. The molecule has 6 nitrogen and oxygen atoms in total. The van der Waals surface area contributed by atoms with Crippen molar-refractivity contribution < 1.29 is 31.7 Å². The van der Waals surface area contributed by atoms with E-state index >= 15 is 0 Å². The van der Waals surface area contributed by atoms with Crippen molar-refractivity contribution in [2.24, 2.45) is 23.2 Å². The molecule has 3 atom stereocenters. The second-order valence-electron chi connectivity index (χ2n) is 6.97. The lowest BCUT2D eigenvalue weighted by atomic mass is 9.49. The van der Waals surface area contributed by atoms with Crippen LogP contribution in [0, 0.1) is 23.2 Å². The van der Waals surface area contributed by atoms with Gasteiger partial charge in [-0.15, -0.1) is 0 Å². The fourth-order valence-corrected chi connectivity index (χ4v) is 5.15. The summed E-state index contributed by atoms with van der Waals surface area (Å²) in [5, 5.41) is 0. The molecule has 0 aliphatic heterocycles. The topological polar surface area (TPSA) is 97.7 Å². The van der Waals surface area contributed by atoms with E-state index in [1.165, 1.54) is 0 Å². The van der Waals surface area contributed by atoms with E-state index < -0.39 is 40.0 Å². The van der Waals surface area contributed by atoms with E-state index in [0.717, 1.165) is 12.8 Å². The first-order valence-corrected chi connectivity index (χ1v) is 9.10. The number of esters is 1. The molecular weight excluding hydrogens is 315 g/mol. The van der Waals surface area contributed by atoms with Gasteiger partial charge in [-0.05, 0) is 38.0 Å². The van der Waals surface area contributed by atoms with Gasteiger partial charge in [-0.2, -0.15) is 8.42 Å². The number of hydrogen-bond donors (Lipinski definition) is 1. The molecule has 22 heavy (non-hydrogen) atoms.